The number of nitrogens with one attached hydrogen (secondary N) is 2. The highest BCUT2D eigenvalue weighted by Gasteiger charge is 2.36. The van der Waals surface area contributed by atoms with E-state index < -0.39 is 17.9 Å². The summed E-state index contributed by atoms with van der Waals surface area (Å²) in [5.41, 5.74) is 1.38. The summed E-state index contributed by atoms with van der Waals surface area (Å²) in [5, 5.41) is 13.4. The second-order valence-electron chi connectivity index (χ2n) is 4.70. The molecule has 7 nitrogen and oxygen atoms in total. The van der Waals surface area contributed by atoms with Crippen molar-refractivity contribution >= 4 is 23.4 Å². The molecule has 1 heterocycles. The number of carbonyl (C=O) groups excluding carboxylic acids is 3. The number of amides is 3. The SMILES string of the molecule is CN1C(=O)[C@H](NC(=O)C(=O)NCCCO)c2ccccc21. The first kappa shape index (κ1) is 15.0. The molecule has 0 aliphatic carbocycles. The van der Waals surface area contributed by atoms with Gasteiger partial charge < -0.3 is 20.6 Å². The standard InChI is InChI=1S/C14H17N3O4/c1-17-10-6-3-2-5-9(10)11(14(17)21)16-13(20)12(19)15-7-4-8-18/h2-3,5-6,11,18H,4,7-8H2,1H3,(H,15,19)(H,16,20)/t11-/m1/s1. The highest BCUT2D eigenvalue weighted by molar-refractivity contribution is 6.35. The maximum Gasteiger partial charge on any atom is 0.310 e. The molecule has 112 valence electrons. The summed E-state index contributed by atoms with van der Waals surface area (Å²) in [5.74, 6) is -1.97. The molecule has 0 saturated heterocycles. The summed E-state index contributed by atoms with van der Waals surface area (Å²) < 4.78 is 0. The van der Waals surface area contributed by atoms with Gasteiger partial charge in [-0.15, -0.1) is 0 Å². The van der Waals surface area contributed by atoms with E-state index in [-0.39, 0.29) is 19.1 Å². The minimum atomic E-state index is -0.864. The topological polar surface area (TPSA) is 98.7 Å². The highest BCUT2D eigenvalue weighted by atomic mass is 16.3. The summed E-state index contributed by atoms with van der Waals surface area (Å²) in [4.78, 5) is 37.0. The van der Waals surface area contributed by atoms with Crippen molar-refractivity contribution < 1.29 is 19.5 Å². The molecule has 21 heavy (non-hydrogen) atoms. The summed E-state index contributed by atoms with van der Waals surface area (Å²) in [6.45, 7) is 0.138. The molecular formula is C14H17N3O4. The predicted octanol–water partition coefficient (Wildman–Crippen LogP) is -0.681. The molecule has 1 aliphatic heterocycles. The molecule has 3 amide bonds. The fourth-order valence-electron chi connectivity index (χ4n) is 2.18. The fraction of sp³-hybridized carbons (Fsp3) is 0.357. The van der Waals surface area contributed by atoms with Crippen molar-refractivity contribution in [3.05, 3.63) is 29.8 Å². The van der Waals surface area contributed by atoms with Crippen LogP contribution in [0.3, 0.4) is 0 Å². The van der Waals surface area contributed by atoms with Crippen LogP contribution in [0.25, 0.3) is 0 Å². The van der Waals surface area contributed by atoms with Crippen LogP contribution >= 0.6 is 0 Å². The molecule has 0 bridgehead atoms. The Balaban J connectivity index is 2.04. The number of carbonyl (C=O) groups is 3. The fourth-order valence-corrected chi connectivity index (χ4v) is 2.18. The van der Waals surface area contributed by atoms with Gasteiger partial charge in [-0.25, -0.2) is 0 Å². The Hall–Kier alpha value is -2.41. The first-order valence-corrected chi connectivity index (χ1v) is 6.62. The third-order valence-corrected chi connectivity index (χ3v) is 3.29. The van der Waals surface area contributed by atoms with Crippen LogP contribution in [0.1, 0.15) is 18.0 Å². The number of para-hydroxylation sites is 1. The number of aliphatic hydroxyl groups excluding tert-OH is 1. The quantitative estimate of drug-likeness (QED) is 0.505. The predicted molar refractivity (Wildman–Crippen MR) is 75.4 cm³/mol. The van der Waals surface area contributed by atoms with Gasteiger partial charge in [-0.3, -0.25) is 14.4 Å². The molecule has 1 aliphatic rings. The van der Waals surface area contributed by atoms with E-state index in [4.69, 9.17) is 5.11 Å². The van der Waals surface area contributed by atoms with Crippen molar-refractivity contribution in [3.8, 4) is 0 Å². The maximum absolute atomic E-state index is 12.1. The van der Waals surface area contributed by atoms with Crippen LogP contribution in [0, 0.1) is 0 Å². The zero-order valence-corrected chi connectivity index (χ0v) is 11.6. The third-order valence-electron chi connectivity index (χ3n) is 3.29. The van der Waals surface area contributed by atoms with Gasteiger partial charge in [0.2, 0.25) is 0 Å². The van der Waals surface area contributed by atoms with Crippen LogP contribution in [-0.2, 0) is 14.4 Å². The van der Waals surface area contributed by atoms with Gasteiger partial charge in [0, 0.05) is 31.5 Å². The van der Waals surface area contributed by atoms with Crippen LogP contribution < -0.4 is 15.5 Å². The van der Waals surface area contributed by atoms with E-state index in [2.05, 4.69) is 10.6 Å². The molecule has 2 rings (SSSR count). The molecule has 0 saturated carbocycles. The van der Waals surface area contributed by atoms with Crippen molar-refractivity contribution in [1.82, 2.24) is 10.6 Å². The first-order chi connectivity index (χ1) is 10.1. The molecule has 0 aromatic heterocycles. The number of nitrogens with zero attached hydrogens (tertiary/aromatic N) is 1. The van der Waals surface area contributed by atoms with E-state index in [1.807, 2.05) is 0 Å². The summed E-state index contributed by atoms with van der Waals surface area (Å²) in [6.07, 6.45) is 0.368. The number of benzene rings is 1. The van der Waals surface area contributed by atoms with Gasteiger partial charge in [0.15, 0.2) is 0 Å². The van der Waals surface area contributed by atoms with Crippen LogP contribution in [-0.4, -0.2) is 43.0 Å². The van der Waals surface area contributed by atoms with E-state index in [9.17, 15) is 14.4 Å². The minimum Gasteiger partial charge on any atom is -0.396 e. The number of hydrogen-bond acceptors (Lipinski definition) is 4. The lowest BCUT2D eigenvalue weighted by Gasteiger charge is -2.12. The van der Waals surface area contributed by atoms with Crippen molar-refractivity contribution in [3.63, 3.8) is 0 Å². The van der Waals surface area contributed by atoms with E-state index in [0.717, 1.165) is 0 Å². The Morgan fingerprint density at radius 2 is 2.00 bits per heavy atom. The van der Waals surface area contributed by atoms with Gasteiger partial charge in [-0.05, 0) is 12.5 Å². The minimum absolute atomic E-state index is 0.0683. The molecule has 0 spiro atoms. The smallest absolute Gasteiger partial charge is 0.310 e. The van der Waals surface area contributed by atoms with Crippen molar-refractivity contribution in [1.29, 1.82) is 0 Å². The molecule has 1 aromatic carbocycles. The molecule has 1 aromatic rings. The normalized spacial score (nSPS) is 16.6. The number of anilines is 1. The van der Waals surface area contributed by atoms with Gasteiger partial charge in [0.05, 0.1) is 0 Å². The molecule has 3 N–H and O–H groups in total. The van der Waals surface area contributed by atoms with E-state index >= 15 is 0 Å². The Labute approximate surface area is 121 Å². The van der Waals surface area contributed by atoms with Gasteiger partial charge in [0.1, 0.15) is 6.04 Å². The van der Waals surface area contributed by atoms with Gasteiger partial charge in [-0.2, -0.15) is 0 Å². The number of aliphatic hydroxyl groups is 1. The van der Waals surface area contributed by atoms with Gasteiger partial charge in [-0.1, -0.05) is 18.2 Å². The maximum atomic E-state index is 12.1. The summed E-state index contributed by atoms with van der Waals surface area (Å²) in [7, 11) is 1.62. The van der Waals surface area contributed by atoms with Crippen LogP contribution in [0.2, 0.25) is 0 Å². The second-order valence-corrected chi connectivity index (χ2v) is 4.70. The largest absolute Gasteiger partial charge is 0.396 e. The first-order valence-electron chi connectivity index (χ1n) is 6.62. The molecule has 1 atom stereocenters. The molecular weight excluding hydrogens is 274 g/mol. The number of likely N-dealkylation sites (N-methyl/N-ethyl adjacent to an activating group) is 1. The molecule has 0 radical (unpaired) electrons. The molecule has 0 fully saturated rings. The van der Waals surface area contributed by atoms with Gasteiger partial charge in [0.25, 0.3) is 5.91 Å². The number of hydrogen-bond donors (Lipinski definition) is 3. The lowest BCUT2D eigenvalue weighted by atomic mass is 10.1. The Kier molecular flexibility index (Phi) is 4.54. The Bertz CT molecular complexity index is 573. The highest BCUT2D eigenvalue weighted by Crippen LogP contribution is 2.34. The van der Waals surface area contributed by atoms with Crippen molar-refractivity contribution in [2.75, 3.05) is 25.1 Å². The molecule has 7 heteroatoms. The van der Waals surface area contributed by atoms with E-state index in [1.54, 1.807) is 31.3 Å². The third kappa shape index (κ3) is 3.03. The van der Waals surface area contributed by atoms with Crippen molar-refractivity contribution in [2.24, 2.45) is 0 Å². The van der Waals surface area contributed by atoms with Gasteiger partial charge >= 0.3 is 11.8 Å². The van der Waals surface area contributed by atoms with Crippen LogP contribution in [0.5, 0.6) is 0 Å². The van der Waals surface area contributed by atoms with E-state index in [1.165, 1.54) is 4.90 Å². The molecule has 0 unspecified atom stereocenters. The lowest BCUT2D eigenvalue weighted by Crippen LogP contribution is -2.44. The Morgan fingerprint density at radius 1 is 1.29 bits per heavy atom. The Morgan fingerprint density at radius 3 is 2.71 bits per heavy atom. The summed E-state index contributed by atoms with van der Waals surface area (Å²) in [6, 6.07) is 6.24. The lowest BCUT2D eigenvalue weighted by molar-refractivity contribution is -0.140. The van der Waals surface area contributed by atoms with Crippen molar-refractivity contribution in [2.45, 2.75) is 12.5 Å². The van der Waals surface area contributed by atoms with Crippen LogP contribution in [0.15, 0.2) is 24.3 Å². The average Bonchev–Trinajstić information content (AvgIpc) is 2.73. The zero-order valence-electron chi connectivity index (χ0n) is 11.6. The van der Waals surface area contributed by atoms with E-state index in [0.29, 0.717) is 17.7 Å². The monoisotopic (exact) mass is 291 g/mol. The number of rotatable bonds is 4. The second kappa shape index (κ2) is 6.36. The van der Waals surface area contributed by atoms with Crippen LogP contribution in [0.4, 0.5) is 5.69 Å². The summed E-state index contributed by atoms with van der Waals surface area (Å²) >= 11 is 0. The number of fused-ring (bicyclic) bond motifs is 1. The average molecular weight is 291 g/mol. The zero-order chi connectivity index (χ0) is 15.4.